The minimum Gasteiger partial charge on any atom is -0.506 e. The van der Waals surface area contributed by atoms with Crippen molar-refractivity contribution in [1.82, 2.24) is 0 Å². The van der Waals surface area contributed by atoms with Gasteiger partial charge in [0.15, 0.2) is 0 Å². The van der Waals surface area contributed by atoms with Gasteiger partial charge in [-0.3, -0.25) is 0 Å². The Labute approximate surface area is 231 Å². The molecule has 4 rings (SSSR count). The normalized spacial score (nSPS) is 8.85. The van der Waals surface area contributed by atoms with Crippen molar-refractivity contribution in [3.63, 3.8) is 0 Å². The van der Waals surface area contributed by atoms with Crippen molar-refractivity contribution < 1.29 is 46.6 Å². The number of para-hydroxylation sites is 4. The standard InChI is InChI=1S/4C6H5ClO.Zr/c4*7-5-3-1-2-4-6(5)8;/h4*1-4,8H;. The molecule has 0 aromatic heterocycles. The number of hydrogen-bond acceptors (Lipinski definition) is 4. The molecular formula is C24H20Cl4O4Zr. The molecule has 0 unspecified atom stereocenters. The molecule has 0 amide bonds. The van der Waals surface area contributed by atoms with Crippen molar-refractivity contribution in [3.8, 4) is 23.0 Å². The van der Waals surface area contributed by atoms with Gasteiger partial charge in [0.05, 0.1) is 20.1 Å². The van der Waals surface area contributed by atoms with Crippen molar-refractivity contribution in [3.05, 3.63) is 117 Å². The molecule has 33 heavy (non-hydrogen) atoms. The molecule has 4 N–H and O–H groups in total. The summed E-state index contributed by atoms with van der Waals surface area (Å²) in [6, 6.07) is 26.7. The maximum Gasteiger partial charge on any atom is 0.134 e. The van der Waals surface area contributed by atoms with Crippen LogP contribution in [0.1, 0.15) is 0 Å². The van der Waals surface area contributed by atoms with Gasteiger partial charge < -0.3 is 20.4 Å². The van der Waals surface area contributed by atoms with E-state index >= 15 is 0 Å². The molecule has 0 bridgehead atoms. The summed E-state index contributed by atoms with van der Waals surface area (Å²) in [7, 11) is 0. The predicted octanol–water partition coefficient (Wildman–Crippen LogP) is 8.18. The number of hydrogen-bond donors (Lipinski definition) is 4. The summed E-state index contributed by atoms with van der Waals surface area (Å²) in [5.41, 5.74) is 0. The van der Waals surface area contributed by atoms with E-state index in [2.05, 4.69) is 0 Å². The fourth-order valence-corrected chi connectivity index (χ4v) is 2.35. The molecule has 4 aromatic carbocycles. The van der Waals surface area contributed by atoms with Crippen LogP contribution in [-0.2, 0) is 26.2 Å². The van der Waals surface area contributed by atoms with E-state index in [1.165, 1.54) is 0 Å². The fraction of sp³-hybridized carbons (Fsp3) is 0. The molecule has 0 spiro atoms. The summed E-state index contributed by atoms with van der Waals surface area (Å²) < 4.78 is 0. The zero-order valence-corrected chi connectivity index (χ0v) is 22.5. The minimum absolute atomic E-state index is 0. The Morgan fingerprint density at radius 1 is 0.333 bits per heavy atom. The molecule has 0 aliphatic rings. The first-order valence-electron chi connectivity index (χ1n) is 8.96. The summed E-state index contributed by atoms with van der Waals surface area (Å²) >= 11 is 21.8. The molecule has 0 aliphatic heterocycles. The third-order valence-electron chi connectivity index (χ3n) is 3.41. The molecule has 0 saturated carbocycles. The van der Waals surface area contributed by atoms with Gasteiger partial charge in [0.25, 0.3) is 0 Å². The number of rotatable bonds is 0. The second kappa shape index (κ2) is 17.6. The Bertz CT molecular complexity index is 839. The predicted molar refractivity (Wildman–Crippen MR) is 132 cm³/mol. The Balaban J connectivity index is 0.000000410. The largest absolute Gasteiger partial charge is 0.506 e. The van der Waals surface area contributed by atoms with Crippen LogP contribution >= 0.6 is 46.4 Å². The molecule has 0 saturated heterocycles. The van der Waals surface area contributed by atoms with Crippen LogP contribution in [0.5, 0.6) is 23.0 Å². The fourth-order valence-electron chi connectivity index (χ4n) is 1.81. The number of halogens is 4. The van der Waals surface area contributed by atoms with Gasteiger partial charge >= 0.3 is 0 Å². The summed E-state index contributed by atoms with van der Waals surface area (Å²) in [6.45, 7) is 0. The van der Waals surface area contributed by atoms with Gasteiger partial charge in [-0.1, -0.05) is 94.9 Å². The maximum atomic E-state index is 8.79. The molecule has 4 aromatic rings. The summed E-state index contributed by atoms with van der Waals surface area (Å²) in [5.74, 6) is 0.534. The van der Waals surface area contributed by atoms with Gasteiger partial charge in [-0.2, -0.15) is 0 Å². The van der Waals surface area contributed by atoms with Crippen molar-refractivity contribution in [2.75, 3.05) is 0 Å². The van der Waals surface area contributed by atoms with Crippen molar-refractivity contribution in [1.29, 1.82) is 0 Å². The second-order valence-corrected chi connectivity index (χ2v) is 7.43. The van der Waals surface area contributed by atoms with Crippen molar-refractivity contribution in [2.24, 2.45) is 0 Å². The molecule has 0 atom stereocenters. The van der Waals surface area contributed by atoms with E-state index < -0.39 is 0 Å². The molecule has 0 heterocycles. The first-order chi connectivity index (χ1) is 15.2. The quantitative estimate of drug-likeness (QED) is 0.163. The van der Waals surface area contributed by atoms with Gasteiger partial charge in [-0.05, 0) is 48.5 Å². The zero-order valence-electron chi connectivity index (χ0n) is 17.0. The number of phenolic OH excluding ortho intramolecular Hbond substituents is 4. The molecule has 4 nitrogen and oxygen atoms in total. The Morgan fingerprint density at radius 2 is 0.485 bits per heavy atom. The monoisotopic (exact) mass is 602 g/mol. The van der Waals surface area contributed by atoms with Crippen LogP contribution in [0, 0.1) is 0 Å². The average molecular weight is 605 g/mol. The molecule has 9 heteroatoms. The van der Waals surface area contributed by atoms with Crippen LogP contribution in [0.15, 0.2) is 97.1 Å². The third kappa shape index (κ3) is 13.4. The molecular weight excluding hydrogens is 585 g/mol. The topological polar surface area (TPSA) is 80.9 Å². The van der Waals surface area contributed by atoms with Crippen LogP contribution in [0.4, 0.5) is 0 Å². The van der Waals surface area contributed by atoms with Crippen molar-refractivity contribution in [2.45, 2.75) is 0 Å². The third-order valence-corrected chi connectivity index (χ3v) is 4.69. The van der Waals surface area contributed by atoms with E-state index in [4.69, 9.17) is 66.8 Å². The van der Waals surface area contributed by atoms with Crippen molar-refractivity contribution >= 4 is 46.4 Å². The van der Waals surface area contributed by atoms with E-state index in [0.717, 1.165) is 0 Å². The van der Waals surface area contributed by atoms with E-state index in [0.29, 0.717) is 20.1 Å². The first kappa shape index (κ1) is 31.1. The SMILES string of the molecule is Oc1ccccc1Cl.Oc1ccccc1Cl.Oc1ccccc1Cl.Oc1ccccc1Cl.[Zr]. The van der Waals surface area contributed by atoms with Crippen LogP contribution in [0.25, 0.3) is 0 Å². The summed E-state index contributed by atoms with van der Waals surface area (Å²) in [5, 5.41) is 36.7. The Morgan fingerprint density at radius 3 is 0.576 bits per heavy atom. The van der Waals surface area contributed by atoms with E-state index in [-0.39, 0.29) is 49.2 Å². The van der Waals surface area contributed by atoms with Gasteiger partial charge in [0.2, 0.25) is 0 Å². The van der Waals surface area contributed by atoms with Crippen LogP contribution < -0.4 is 0 Å². The van der Waals surface area contributed by atoms with E-state index in [1.807, 2.05) is 0 Å². The average Bonchev–Trinajstić information content (AvgIpc) is 2.78. The van der Waals surface area contributed by atoms with Crippen LogP contribution in [0.2, 0.25) is 20.1 Å². The Hall–Kier alpha value is -1.88. The van der Waals surface area contributed by atoms with E-state index in [9.17, 15) is 0 Å². The molecule has 0 radical (unpaired) electrons. The second-order valence-electron chi connectivity index (χ2n) is 5.81. The van der Waals surface area contributed by atoms with Gasteiger partial charge in [-0.25, -0.2) is 0 Å². The van der Waals surface area contributed by atoms with E-state index in [1.54, 1.807) is 97.1 Å². The number of benzene rings is 4. The first-order valence-corrected chi connectivity index (χ1v) is 10.5. The van der Waals surface area contributed by atoms with Gasteiger partial charge in [0.1, 0.15) is 23.0 Å². The summed E-state index contributed by atoms with van der Waals surface area (Å²) in [4.78, 5) is 0. The van der Waals surface area contributed by atoms with Crippen LogP contribution in [-0.4, -0.2) is 20.4 Å². The molecule has 0 aliphatic carbocycles. The van der Waals surface area contributed by atoms with Crippen LogP contribution in [0.3, 0.4) is 0 Å². The van der Waals surface area contributed by atoms with Gasteiger partial charge in [-0.15, -0.1) is 0 Å². The molecule has 0 fully saturated rings. The maximum absolute atomic E-state index is 8.79. The summed E-state index contributed by atoms with van der Waals surface area (Å²) in [6.07, 6.45) is 0. The molecule has 172 valence electrons. The smallest absolute Gasteiger partial charge is 0.134 e. The zero-order chi connectivity index (χ0) is 23.9. The minimum atomic E-state index is 0. The number of phenols is 4. The van der Waals surface area contributed by atoms with Gasteiger partial charge in [0, 0.05) is 26.2 Å². The number of aromatic hydroxyl groups is 4. The Kier molecular flexibility index (Phi) is 16.6.